The van der Waals surface area contributed by atoms with Crippen LogP contribution in [0.1, 0.15) is 18.7 Å². The van der Waals surface area contributed by atoms with E-state index in [0.29, 0.717) is 46.3 Å². The van der Waals surface area contributed by atoms with Crippen LogP contribution in [0.25, 0.3) is 21.7 Å². The first kappa shape index (κ1) is 23.7. The molecule has 1 aromatic carbocycles. The molecule has 0 bridgehead atoms. The summed E-state index contributed by atoms with van der Waals surface area (Å²) in [4.78, 5) is 40.5. The SMILES string of the molecule is CNC(=O)C1CCN(c2nc3ncn(Cc4nc(-c5cccc(OC)c5OC)no4)c(=O)c3s2)CC1. The number of thiazole rings is 1. The Morgan fingerprint density at radius 2 is 2.03 bits per heavy atom. The highest BCUT2D eigenvalue weighted by Crippen LogP contribution is 2.36. The van der Waals surface area contributed by atoms with Gasteiger partial charge in [-0.15, -0.1) is 0 Å². The number of hydrogen-bond donors (Lipinski definition) is 1. The summed E-state index contributed by atoms with van der Waals surface area (Å²) >= 11 is 1.30. The van der Waals surface area contributed by atoms with E-state index in [9.17, 15) is 9.59 Å². The van der Waals surface area contributed by atoms with Gasteiger partial charge in [0.15, 0.2) is 22.3 Å². The summed E-state index contributed by atoms with van der Waals surface area (Å²) in [5.41, 5.74) is 0.778. The molecule has 3 aromatic heterocycles. The second-order valence-electron chi connectivity index (χ2n) is 8.26. The molecule has 1 fully saturated rings. The van der Waals surface area contributed by atoms with Crippen LogP contribution in [0.4, 0.5) is 5.13 Å². The number of amides is 1. The fourth-order valence-electron chi connectivity index (χ4n) is 4.26. The molecule has 4 aromatic rings. The van der Waals surface area contributed by atoms with Crippen molar-refractivity contribution >= 4 is 32.7 Å². The number of nitrogens with one attached hydrogen (secondary N) is 1. The third-order valence-electron chi connectivity index (χ3n) is 6.17. The van der Waals surface area contributed by atoms with Crippen molar-refractivity contribution in [2.45, 2.75) is 19.4 Å². The zero-order valence-electron chi connectivity index (χ0n) is 20.1. The quantitative estimate of drug-likeness (QED) is 0.392. The molecule has 0 aliphatic carbocycles. The van der Waals surface area contributed by atoms with Gasteiger partial charge in [0.2, 0.25) is 17.6 Å². The number of carbonyl (C=O) groups excluding carboxylic acids is 1. The van der Waals surface area contributed by atoms with Crippen LogP contribution in [0.5, 0.6) is 11.5 Å². The molecule has 0 spiro atoms. The molecular weight excluding hydrogens is 486 g/mol. The zero-order chi connectivity index (χ0) is 25.2. The Morgan fingerprint density at radius 3 is 2.75 bits per heavy atom. The molecule has 36 heavy (non-hydrogen) atoms. The summed E-state index contributed by atoms with van der Waals surface area (Å²) < 4.78 is 18.1. The molecule has 1 saturated heterocycles. The number of aromatic nitrogens is 5. The standard InChI is InChI=1S/C23H25N7O5S/c1-24-21(31)13-7-9-29(10-8-13)23-27-20-18(36-23)22(32)30(12-25-20)11-16-26-19(28-35-16)14-5-4-6-15(33-2)17(14)34-3/h4-6,12-13H,7-11H2,1-3H3,(H,24,31). The van der Waals surface area contributed by atoms with Gasteiger partial charge in [0.25, 0.3) is 5.56 Å². The van der Waals surface area contributed by atoms with Gasteiger partial charge in [-0.05, 0) is 25.0 Å². The van der Waals surface area contributed by atoms with Gasteiger partial charge >= 0.3 is 0 Å². The Balaban J connectivity index is 1.36. The summed E-state index contributed by atoms with van der Waals surface area (Å²) in [7, 11) is 4.75. The van der Waals surface area contributed by atoms with Gasteiger partial charge in [0, 0.05) is 26.1 Å². The van der Waals surface area contributed by atoms with Gasteiger partial charge < -0.3 is 24.2 Å². The lowest BCUT2D eigenvalue weighted by Crippen LogP contribution is -2.39. The highest BCUT2D eigenvalue weighted by molar-refractivity contribution is 7.22. The number of fused-ring (bicyclic) bond motifs is 1. The molecule has 1 aliphatic rings. The van der Waals surface area contributed by atoms with Crippen molar-refractivity contribution in [1.82, 2.24) is 30.0 Å². The van der Waals surface area contributed by atoms with Gasteiger partial charge in [-0.2, -0.15) is 9.97 Å². The van der Waals surface area contributed by atoms with E-state index in [1.807, 2.05) is 0 Å². The molecule has 0 atom stereocenters. The number of hydrogen-bond acceptors (Lipinski definition) is 11. The van der Waals surface area contributed by atoms with Crippen molar-refractivity contribution in [1.29, 1.82) is 0 Å². The van der Waals surface area contributed by atoms with Crippen LogP contribution < -0.4 is 25.2 Å². The Morgan fingerprint density at radius 1 is 1.22 bits per heavy atom. The Labute approximate surface area is 209 Å². The minimum Gasteiger partial charge on any atom is -0.493 e. The lowest BCUT2D eigenvalue weighted by molar-refractivity contribution is -0.125. The number of nitrogens with zero attached hydrogens (tertiary/aromatic N) is 6. The maximum absolute atomic E-state index is 13.2. The van der Waals surface area contributed by atoms with Crippen LogP contribution >= 0.6 is 11.3 Å². The second kappa shape index (κ2) is 9.93. The molecule has 1 aliphatic heterocycles. The largest absolute Gasteiger partial charge is 0.493 e. The van der Waals surface area contributed by atoms with Crippen LogP contribution in [0.3, 0.4) is 0 Å². The number of carbonyl (C=O) groups is 1. The van der Waals surface area contributed by atoms with Gasteiger partial charge in [-0.1, -0.05) is 22.6 Å². The number of benzene rings is 1. The Bertz CT molecular complexity index is 1450. The van der Waals surface area contributed by atoms with E-state index in [0.717, 1.165) is 18.0 Å². The molecule has 0 unspecified atom stereocenters. The van der Waals surface area contributed by atoms with Crippen LogP contribution in [0.15, 0.2) is 33.8 Å². The van der Waals surface area contributed by atoms with E-state index in [1.54, 1.807) is 32.4 Å². The van der Waals surface area contributed by atoms with Crippen molar-refractivity contribution < 1.29 is 18.8 Å². The average molecular weight is 512 g/mol. The molecule has 188 valence electrons. The molecule has 4 heterocycles. The van der Waals surface area contributed by atoms with E-state index < -0.39 is 0 Å². The Kier molecular flexibility index (Phi) is 6.55. The molecule has 0 saturated carbocycles. The van der Waals surface area contributed by atoms with Gasteiger partial charge in [0.1, 0.15) is 17.6 Å². The summed E-state index contributed by atoms with van der Waals surface area (Å²) in [6.45, 7) is 1.46. The molecule has 13 heteroatoms. The predicted octanol–water partition coefficient (Wildman–Crippen LogP) is 1.93. The number of ether oxygens (including phenoxy) is 2. The molecule has 0 radical (unpaired) electrons. The van der Waals surface area contributed by atoms with Gasteiger partial charge in [-0.25, -0.2) is 4.98 Å². The number of piperidine rings is 1. The van der Waals surface area contributed by atoms with Crippen molar-refractivity contribution in [3.8, 4) is 22.9 Å². The van der Waals surface area contributed by atoms with Crippen LogP contribution in [0.2, 0.25) is 0 Å². The number of para-hydroxylation sites is 1. The van der Waals surface area contributed by atoms with Crippen LogP contribution in [-0.2, 0) is 11.3 Å². The fraction of sp³-hybridized carbons (Fsp3) is 0.391. The van der Waals surface area contributed by atoms with Crippen LogP contribution in [-0.4, -0.2) is 64.9 Å². The minimum atomic E-state index is -0.234. The first-order valence-electron chi connectivity index (χ1n) is 11.4. The van der Waals surface area contributed by atoms with Crippen molar-refractivity contribution in [3.05, 3.63) is 40.8 Å². The predicted molar refractivity (Wildman–Crippen MR) is 133 cm³/mol. The van der Waals surface area contributed by atoms with E-state index >= 15 is 0 Å². The highest BCUT2D eigenvalue weighted by Gasteiger charge is 2.26. The number of anilines is 1. The lowest BCUT2D eigenvalue weighted by Gasteiger charge is -2.30. The average Bonchev–Trinajstić information content (AvgIpc) is 3.57. The number of rotatable bonds is 7. The zero-order valence-corrected chi connectivity index (χ0v) is 20.9. The molecule has 1 N–H and O–H groups in total. The van der Waals surface area contributed by atoms with E-state index in [-0.39, 0.29) is 29.8 Å². The molecule has 1 amide bonds. The van der Waals surface area contributed by atoms with E-state index in [2.05, 4.69) is 30.3 Å². The maximum atomic E-state index is 13.2. The normalized spacial score (nSPS) is 14.2. The third-order valence-corrected chi connectivity index (χ3v) is 7.27. The Hall–Kier alpha value is -4.00. The number of methoxy groups -OCH3 is 2. The lowest BCUT2D eigenvalue weighted by atomic mass is 9.96. The van der Waals surface area contributed by atoms with E-state index in [1.165, 1.54) is 29.3 Å². The summed E-state index contributed by atoms with van der Waals surface area (Å²) in [5, 5.41) is 7.49. The van der Waals surface area contributed by atoms with Gasteiger partial charge in [-0.3, -0.25) is 14.2 Å². The topological polar surface area (TPSA) is 138 Å². The summed E-state index contributed by atoms with van der Waals surface area (Å²) in [5.74, 6) is 1.68. The first-order valence-corrected chi connectivity index (χ1v) is 12.2. The molecular formula is C23H25N7O5S. The maximum Gasteiger partial charge on any atom is 0.273 e. The smallest absolute Gasteiger partial charge is 0.273 e. The third kappa shape index (κ3) is 4.37. The summed E-state index contributed by atoms with van der Waals surface area (Å²) in [6.07, 6.45) is 2.91. The summed E-state index contributed by atoms with van der Waals surface area (Å²) in [6, 6.07) is 5.38. The highest BCUT2D eigenvalue weighted by atomic mass is 32.1. The monoisotopic (exact) mass is 511 g/mol. The minimum absolute atomic E-state index is 0.00668. The fourth-order valence-corrected chi connectivity index (χ4v) is 5.28. The van der Waals surface area contributed by atoms with E-state index in [4.69, 9.17) is 14.0 Å². The van der Waals surface area contributed by atoms with Crippen molar-refractivity contribution in [2.24, 2.45) is 5.92 Å². The van der Waals surface area contributed by atoms with Crippen molar-refractivity contribution in [3.63, 3.8) is 0 Å². The van der Waals surface area contributed by atoms with Crippen LogP contribution in [0, 0.1) is 5.92 Å². The van der Waals surface area contributed by atoms with Crippen molar-refractivity contribution in [2.75, 3.05) is 39.3 Å². The molecule has 12 nitrogen and oxygen atoms in total. The second-order valence-corrected chi connectivity index (χ2v) is 9.23. The van der Waals surface area contributed by atoms with Gasteiger partial charge in [0.05, 0.1) is 19.8 Å². The first-order chi connectivity index (χ1) is 17.5. The molecule has 5 rings (SSSR count).